The first kappa shape index (κ1) is 19.5. The average molecular weight is 354 g/mol. The monoisotopic (exact) mass is 354 g/mol. The van der Waals surface area contributed by atoms with Crippen molar-refractivity contribution in [1.82, 2.24) is 4.90 Å². The zero-order valence-corrected chi connectivity index (χ0v) is 16.0. The third-order valence-electron chi connectivity index (χ3n) is 4.10. The molecule has 0 bridgehead atoms. The molecule has 0 heterocycles. The Labute approximate surface area is 155 Å². The summed E-state index contributed by atoms with van der Waals surface area (Å²) < 4.78 is 5.63. The molecule has 0 aromatic heterocycles. The molecule has 0 saturated heterocycles. The minimum atomic E-state index is -0.668. The van der Waals surface area contributed by atoms with Crippen LogP contribution in [-0.2, 0) is 9.59 Å². The van der Waals surface area contributed by atoms with Crippen LogP contribution in [0.5, 0.6) is 5.75 Å². The van der Waals surface area contributed by atoms with Gasteiger partial charge >= 0.3 is 0 Å². The standard InChI is InChI=1S/C21H26N2O3/c1-14-11-15(2)20(16(3)12-14)22-19(24)13-23(5)21(25)17(4)26-18-9-7-6-8-10-18/h6-12,17H,13H2,1-5H3,(H,22,24). The van der Waals surface area contributed by atoms with Gasteiger partial charge in [0.2, 0.25) is 5.91 Å². The molecule has 0 saturated carbocycles. The van der Waals surface area contributed by atoms with Crippen molar-refractivity contribution in [3.8, 4) is 5.75 Å². The number of aryl methyl sites for hydroxylation is 3. The summed E-state index contributed by atoms with van der Waals surface area (Å²) in [5, 5.41) is 2.91. The number of hydrogen-bond acceptors (Lipinski definition) is 3. The maximum absolute atomic E-state index is 12.4. The lowest BCUT2D eigenvalue weighted by atomic mass is 10.1. The summed E-state index contributed by atoms with van der Waals surface area (Å²) in [6.45, 7) is 7.58. The van der Waals surface area contributed by atoms with Crippen LogP contribution in [0.3, 0.4) is 0 Å². The molecule has 5 heteroatoms. The Morgan fingerprint density at radius 1 is 1.08 bits per heavy atom. The molecular weight excluding hydrogens is 328 g/mol. The van der Waals surface area contributed by atoms with Crippen molar-refractivity contribution in [3.05, 3.63) is 59.2 Å². The van der Waals surface area contributed by atoms with Gasteiger partial charge in [-0.1, -0.05) is 35.9 Å². The number of carbonyl (C=O) groups excluding carboxylic acids is 2. The first-order valence-corrected chi connectivity index (χ1v) is 8.62. The van der Waals surface area contributed by atoms with Crippen molar-refractivity contribution in [3.63, 3.8) is 0 Å². The van der Waals surface area contributed by atoms with E-state index >= 15 is 0 Å². The quantitative estimate of drug-likeness (QED) is 0.864. The van der Waals surface area contributed by atoms with Gasteiger partial charge in [-0.25, -0.2) is 0 Å². The Hall–Kier alpha value is -2.82. The second-order valence-corrected chi connectivity index (χ2v) is 6.59. The van der Waals surface area contributed by atoms with Gasteiger partial charge in [0.05, 0.1) is 6.54 Å². The molecular formula is C21H26N2O3. The molecule has 138 valence electrons. The molecule has 1 N–H and O–H groups in total. The Morgan fingerprint density at radius 3 is 2.23 bits per heavy atom. The number of carbonyl (C=O) groups is 2. The summed E-state index contributed by atoms with van der Waals surface area (Å²) in [6, 6.07) is 13.2. The van der Waals surface area contributed by atoms with Crippen molar-refractivity contribution < 1.29 is 14.3 Å². The van der Waals surface area contributed by atoms with Crippen LogP contribution in [-0.4, -0.2) is 36.4 Å². The van der Waals surface area contributed by atoms with E-state index in [1.54, 1.807) is 26.1 Å². The summed E-state index contributed by atoms with van der Waals surface area (Å²) in [4.78, 5) is 26.2. The van der Waals surface area contributed by atoms with E-state index in [9.17, 15) is 9.59 Å². The summed E-state index contributed by atoms with van der Waals surface area (Å²) in [7, 11) is 1.60. The second-order valence-electron chi connectivity index (χ2n) is 6.59. The van der Waals surface area contributed by atoms with Gasteiger partial charge in [-0.05, 0) is 51.0 Å². The average Bonchev–Trinajstić information content (AvgIpc) is 2.58. The molecule has 2 aromatic rings. The minimum absolute atomic E-state index is 0.0337. The van der Waals surface area contributed by atoms with E-state index in [2.05, 4.69) is 5.32 Å². The molecule has 26 heavy (non-hydrogen) atoms. The fourth-order valence-electron chi connectivity index (χ4n) is 2.91. The van der Waals surface area contributed by atoms with Gasteiger partial charge in [0.25, 0.3) is 5.91 Å². The number of rotatable bonds is 6. The molecule has 0 aliphatic rings. The zero-order chi connectivity index (χ0) is 19.3. The van der Waals surface area contributed by atoms with E-state index in [4.69, 9.17) is 4.74 Å². The van der Waals surface area contributed by atoms with Crippen molar-refractivity contribution in [1.29, 1.82) is 0 Å². The lowest BCUT2D eigenvalue weighted by Crippen LogP contribution is -2.42. The molecule has 0 fully saturated rings. The Kier molecular flexibility index (Phi) is 6.39. The summed E-state index contributed by atoms with van der Waals surface area (Å²) in [5.41, 5.74) is 3.96. The zero-order valence-electron chi connectivity index (χ0n) is 16.0. The lowest BCUT2D eigenvalue weighted by molar-refractivity contribution is -0.139. The van der Waals surface area contributed by atoms with Gasteiger partial charge in [0, 0.05) is 12.7 Å². The number of likely N-dealkylation sites (N-methyl/N-ethyl adjacent to an activating group) is 1. The highest BCUT2D eigenvalue weighted by atomic mass is 16.5. The predicted octanol–water partition coefficient (Wildman–Crippen LogP) is 3.48. The molecule has 2 aromatic carbocycles. The van der Waals surface area contributed by atoms with E-state index in [1.165, 1.54) is 4.90 Å². The molecule has 2 amide bonds. The number of amides is 2. The maximum Gasteiger partial charge on any atom is 0.263 e. The van der Waals surface area contributed by atoms with Gasteiger partial charge < -0.3 is 15.0 Å². The van der Waals surface area contributed by atoms with Crippen LogP contribution < -0.4 is 10.1 Å². The van der Waals surface area contributed by atoms with Gasteiger partial charge in [-0.2, -0.15) is 0 Å². The third kappa shape index (κ3) is 5.09. The van der Waals surface area contributed by atoms with E-state index in [1.807, 2.05) is 51.1 Å². The van der Waals surface area contributed by atoms with Gasteiger partial charge in [-0.15, -0.1) is 0 Å². The molecule has 5 nitrogen and oxygen atoms in total. The molecule has 0 aliphatic heterocycles. The highest BCUT2D eigenvalue weighted by molar-refractivity contribution is 5.96. The summed E-state index contributed by atoms with van der Waals surface area (Å²) >= 11 is 0. The van der Waals surface area contributed by atoms with Crippen LogP contribution >= 0.6 is 0 Å². The van der Waals surface area contributed by atoms with Crippen LogP contribution in [0.4, 0.5) is 5.69 Å². The third-order valence-corrected chi connectivity index (χ3v) is 4.10. The molecule has 0 aliphatic carbocycles. The molecule has 1 atom stereocenters. The fourth-order valence-corrected chi connectivity index (χ4v) is 2.91. The van der Waals surface area contributed by atoms with Gasteiger partial charge in [0.15, 0.2) is 6.10 Å². The van der Waals surface area contributed by atoms with Crippen molar-refractivity contribution in [2.24, 2.45) is 0 Å². The number of benzene rings is 2. The van der Waals surface area contributed by atoms with E-state index in [-0.39, 0.29) is 18.4 Å². The van der Waals surface area contributed by atoms with E-state index < -0.39 is 6.10 Å². The largest absolute Gasteiger partial charge is 0.481 e. The maximum atomic E-state index is 12.4. The Balaban J connectivity index is 1.95. The molecule has 1 unspecified atom stereocenters. The molecule has 0 radical (unpaired) electrons. The SMILES string of the molecule is Cc1cc(C)c(NC(=O)CN(C)C(=O)C(C)Oc2ccccc2)c(C)c1. The van der Waals surface area contributed by atoms with Crippen LogP contribution in [0.1, 0.15) is 23.6 Å². The minimum Gasteiger partial charge on any atom is -0.481 e. The molecule has 2 rings (SSSR count). The smallest absolute Gasteiger partial charge is 0.263 e. The number of ether oxygens (including phenoxy) is 1. The van der Waals surface area contributed by atoms with Crippen LogP contribution in [0.2, 0.25) is 0 Å². The van der Waals surface area contributed by atoms with Crippen molar-refractivity contribution in [2.75, 3.05) is 18.9 Å². The van der Waals surface area contributed by atoms with E-state index in [0.717, 1.165) is 22.4 Å². The number of nitrogens with one attached hydrogen (secondary N) is 1. The first-order chi connectivity index (χ1) is 12.3. The topological polar surface area (TPSA) is 58.6 Å². The summed E-state index contributed by atoms with van der Waals surface area (Å²) in [5.74, 6) is 0.140. The highest BCUT2D eigenvalue weighted by Gasteiger charge is 2.21. The van der Waals surface area contributed by atoms with Crippen molar-refractivity contribution in [2.45, 2.75) is 33.8 Å². The van der Waals surface area contributed by atoms with Gasteiger partial charge in [0.1, 0.15) is 5.75 Å². The number of nitrogens with zero attached hydrogens (tertiary/aromatic N) is 1. The fraction of sp³-hybridized carbons (Fsp3) is 0.333. The summed E-state index contributed by atoms with van der Waals surface area (Å²) in [6.07, 6.45) is -0.668. The second kappa shape index (κ2) is 8.52. The van der Waals surface area contributed by atoms with E-state index in [0.29, 0.717) is 5.75 Å². The molecule has 0 spiro atoms. The van der Waals surface area contributed by atoms with Crippen LogP contribution in [0, 0.1) is 20.8 Å². The Bertz CT molecular complexity index is 764. The highest BCUT2D eigenvalue weighted by Crippen LogP contribution is 2.21. The van der Waals surface area contributed by atoms with Crippen LogP contribution in [0.15, 0.2) is 42.5 Å². The first-order valence-electron chi connectivity index (χ1n) is 8.62. The number of para-hydroxylation sites is 1. The predicted molar refractivity (Wildman–Crippen MR) is 103 cm³/mol. The Morgan fingerprint density at radius 2 is 1.65 bits per heavy atom. The van der Waals surface area contributed by atoms with Crippen LogP contribution in [0.25, 0.3) is 0 Å². The lowest BCUT2D eigenvalue weighted by Gasteiger charge is -2.22. The number of hydrogen-bond donors (Lipinski definition) is 1. The van der Waals surface area contributed by atoms with Crippen molar-refractivity contribution >= 4 is 17.5 Å². The number of anilines is 1. The normalized spacial score (nSPS) is 11.6. The van der Waals surface area contributed by atoms with Gasteiger partial charge in [-0.3, -0.25) is 9.59 Å².